The van der Waals surface area contributed by atoms with Gasteiger partial charge in [-0.1, -0.05) is 20.3 Å². The molecule has 0 fully saturated rings. The fourth-order valence-corrected chi connectivity index (χ4v) is 1.49. The molecule has 2 atom stereocenters. The molecule has 1 aromatic heterocycles. The average molecular weight is 207 g/mol. The van der Waals surface area contributed by atoms with Crippen molar-refractivity contribution in [2.75, 3.05) is 5.32 Å². The third-order valence-electron chi connectivity index (χ3n) is 2.84. The Morgan fingerprint density at radius 3 is 2.20 bits per heavy atom. The van der Waals surface area contributed by atoms with Crippen molar-refractivity contribution in [1.29, 1.82) is 0 Å². The predicted molar refractivity (Wildman–Crippen MR) is 64.0 cm³/mol. The minimum Gasteiger partial charge on any atom is -0.351 e. The van der Waals surface area contributed by atoms with Crippen LogP contribution in [0.15, 0.2) is 6.07 Å². The van der Waals surface area contributed by atoms with Gasteiger partial charge in [-0.2, -0.15) is 0 Å². The van der Waals surface area contributed by atoms with Crippen LogP contribution in [0.2, 0.25) is 0 Å². The molecule has 0 bridgehead atoms. The van der Waals surface area contributed by atoms with Crippen LogP contribution in [0.5, 0.6) is 0 Å². The standard InChI is InChI=1S/C12H21N3/c1-6-8(2)11(5)15-12-13-9(3)7-10(4)14-12/h7-8,11H,6H2,1-5H3,(H,13,14,15). The van der Waals surface area contributed by atoms with Gasteiger partial charge in [0.25, 0.3) is 0 Å². The third kappa shape index (κ3) is 3.50. The van der Waals surface area contributed by atoms with Crippen LogP contribution in [0.1, 0.15) is 38.6 Å². The molecule has 1 N–H and O–H groups in total. The molecular weight excluding hydrogens is 186 g/mol. The van der Waals surface area contributed by atoms with Gasteiger partial charge in [0.2, 0.25) is 5.95 Å². The topological polar surface area (TPSA) is 37.8 Å². The van der Waals surface area contributed by atoms with E-state index < -0.39 is 0 Å². The van der Waals surface area contributed by atoms with Gasteiger partial charge >= 0.3 is 0 Å². The summed E-state index contributed by atoms with van der Waals surface area (Å²) in [7, 11) is 0. The Balaban J connectivity index is 2.72. The van der Waals surface area contributed by atoms with E-state index in [1.54, 1.807) is 0 Å². The first-order chi connectivity index (χ1) is 7.02. The number of nitrogens with zero attached hydrogens (tertiary/aromatic N) is 2. The molecule has 0 spiro atoms. The molecule has 0 aliphatic heterocycles. The lowest BCUT2D eigenvalue weighted by Gasteiger charge is -2.20. The van der Waals surface area contributed by atoms with Crippen molar-refractivity contribution in [3.63, 3.8) is 0 Å². The largest absolute Gasteiger partial charge is 0.351 e. The maximum atomic E-state index is 4.37. The molecule has 0 radical (unpaired) electrons. The fraction of sp³-hybridized carbons (Fsp3) is 0.667. The lowest BCUT2D eigenvalue weighted by molar-refractivity contribution is 0.492. The molecule has 15 heavy (non-hydrogen) atoms. The van der Waals surface area contributed by atoms with Gasteiger partial charge in [0.05, 0.1) is 0 Å². The molecule has 0 aliphatic rings. The van der Waals surface area contributed by atoms with E-state index in [9.17, 15) is 0 Å². The highest BCUT2D eigenvalue weighted by atomic mass is 15.1. The highest BCUT2D eigenvalue weighted by molar-refractivity contribution is 5.28. The van der Waals surface area contributed by atoms with E-state index in [4.69, 9.17) is 0 Å². The number of aryl methyl sites for hydroxylation is 2. The van der Waals surface area contributed by atoms with Crippen LogP contribution in [0.3, 0.4) is 0 Å². The predicted octanol–water partition coefficient (Wildman–Crippen LogP) is 2.94. The molecule has 1 aromatic rings. The quantitative estimate of drug-likeness (QED) is 0.825. The monoisotopic (exact) mass is 207 g/mol. The van der Waals surface area contributed by atoms with Crippen LogP contribution in [0.4, 0.5) is 5.95 Å². The minimum atomic E-state index is 0.413. The van der Waals surface area contributed by atoms with Crippen molar-refractivity contribution in [3.05, 3.63) is 17.5 Å². The van der Waals surface area contributed by atoms with Gasteiger partial charge in [0, 0.05) is 17.4 Å². The third-order valence-corrected chi connectivity index (χ3v) is 2.84. The summed E-state index contributed by atoms with van der Waals surface area (Å²) in [6, 6.07) is 2.40. The van der Waals surface area contributed by atoms with Crippen LogP contribution < -0.4 is 5.32 Å². The molecule has 0 aromatic carbocycles. The lowest BCUT2D eigenvalue weighted by atomic mass is 10.0. The van der Waals surface area contributed by atoms with Crippen molar-refractivity contribution < 1.29 is 0 Å². The summed E-state index contributed by atoms with van der Waals surface area (Å²) < 4.78 is 0. The van der Waals surface area contributed by atoms with Crippen LogP contribution in [-0.4, -0.2) is 16.0 Å². The zero-order chi connectivity index (χ0) is 11.4. The van der Waals surface area contributed by atoms with Crippen molar-refractivity contribution in [1.82, 2.24) is 9.97 Å². The minimum absolute atomic E-state index is 0.413. The molecule has 2 unspecified atom stereocenters. The van der Waals surface area contributed by atoms with Gasteiger partial charge in [0.15, 0.2) is 0 Å². The Morgan fingerprint density at radius 1 is 1.20 bits per heavy atom. The second-order valence-corrected chi connectivity index (χ2v) is 4.29. The van der Waals surface area contributed by atoms with Crippen molar-refractivity contribution in [2.45, 2.75) is 47.1 Å². The zero-order valence-electron chi connectivity index (χ0n) is 10.3. The summed E-state index contributed by atoms with van der Waals surface area (Å²) in [5, 5.41) is 3.35. The number of hydrogen-bond donors (Lipinski definition) is 1. The molecule has 1 rings (SSSR count). The number of rotatable bonds is 4. The first-order valence-corrected chi connectivity index (χ1v) is 5.61. The van der Waals surface area contributed by atoms with Crippen molar-refractivity contribution in [2.24, 2.45) is 5.92 Å². The van der Waals surface area contributed by atoms with E-state index in [2.05, 4.69) is 36.1 Å². The zero-order valence-corrected chi connectivity index (χ0v) is 10.3. The van der Waals surface area contributed by atoms with E-state index in [0.29, 0.717) is 12.0 Å². The van der Waals surface area contributed by atoms with Crippen LogP contribution in [-0.2, 0) is 0 Å². The maximum Gasteiger partial charge on any atom is 0.223 e. The first-order valence-electron chi connectivity index (χ1n) is 5.61. The molecule has 1 heterocycles. The van der Waals surface area contributed by atoms with Gasteiger partial charge < -0.3 is 5.32 Å². The SMILES string of the molecule is CCC(C)C(C)Nc1nc(C)cc(C)n1. The van der Waals surface area contributed by atoms with Gasteiger partial charge in [-0.15, -0.1) is 0 Å². The maximum absolute atomic E-state index is 4.37. The highest BCUT2D eigenvalue weighted by Gasteiger charge is 2.11. The molecule has 3 heteroatoms. The Morgan fingerprint density at radius 2 is 1.73 bits per heavy atom. The first kappa shape index (κ1) is 12.0. The summed E-state index contributed by atoms with van der Waals surface area (Å²) in [6.45, 7) is 10.6. The number of anilines is 1. The Kier molecular flexibility index (Phi) is 4.06. The van der Waals surface area contributed by atoms with Gasteiger partial charge in [-0.05, 0) is 32.8 Å². The van der Waals surface area contributed by atoms with E-state index in [1.807, 2.05) is 19.9 Å². The van der Waals surface area contributed by atoms with Crippen molar-refractivity contribution in [3.8, 4) is 0 Å². The van der Waals surface area contributed by atoms with Gasteiger partial charge in [-0.25, -0.2) is 9.97 Å². The van der Waals surface area contributed by atoms with Crippen LogP contribution in [0.25, 0.3) is 0 Å². The molecule has 0 saturated heterocycles. The number of aromatic nitrogens is 2. The molecule has 3 nitrogen and oxygen atoms in total. The summed E-state index contributed by atoms with van der Waals surface area (Å²) in [4.78, 5) is 8.74. The van der Waals surface area contributed by atoms with E-state index >= 15 is 0 Å². The van der Waals surface area contributed by atoms with Gasteiger partial charge in [-0.3, -0.25) is 0 Å². The molecule has 0 amide bonds. The lowest BCUT2D eigenvalue weighted by Crippen LogP contribution is -2.24. The average Bonchev–Trinajstić information content (AvgIpc) is 2.14. The Bertz CT molecular complexity index is 302. The number of hydrogen-bond acceptors (Lipinski definition) is 3. The molecule has 0 saturated carbocycles. The van der Waals surface area contributed by atoms with Crippen molar-refractivity contribution >= 4 is 5.95 Å². The normalized spacial score (nSPS) is 14.7. The second kappa shape index (κ2) is 5.10. The van der Waals surface area contributed by atoms with E-state index in [1.165, 1.54) is 6.42 Å². The fourth-order valence-electron chi connectivity index (χ4n) is 1.49. The second-order valence-electron chi connectivity index (χ2n) is 4.29. The number of nitrogens with one attached hydrogen (secondary N) is 1. The highest BCUT2D eigenvalue weighted by Crippen LogP contribution is 2.12. The van der Waals surface area contributed by atoms with Crippen LogP contribution >= 0.6 is 0 Å². The smallest absolute Gasteiger partial charge is 0.223 e. The summed E-state index contributed by atoms with van der Waals surface area (Å²) in [5.74, 6) is 1.38. The van der Waals surface area contributed by atoms with Crippen LogP contribution in [0, 0.1) is 19.8 Å². The summed E-state index contributed by atoms with van der Waals surface area (Å²) in [6.07, 6.45) is 1.17. The van der Waals surface area contributed by atoms with E-state index in [0.717, 1.165) is 17.3 Å². The molecule has 84 valence electrons. The summed E-state index contributed by atoms with van der Waals surface area (Å²) in [5.41, 5.74) is 2.03. The van der Waals surface area contributed by atoms with Gasteiger partial charge in [0.1, 0.15) is 0 Å². The Labute approximate surface area is 92.3 Å². The molecule has 0 aliphatic carbocycles. The summed E-state index contributed by atoms with van der Waals surface area (Å²) >= 11 is 0. The van der Waals surface area contributed by atoms with E-state index in [-0.39, 0.29) is 0 Å². The Hall–Kier alpha value is -1.12. The molecular formula is C12H21N3.